The van der Waals surface area contributed by atoms with Gasteiger partial charge in [-0.2, -0.15) is 0 Å². The highest BCUT2D eigenvalue weighted by molar-refractivity contribution is 6.42. The van der Waals surface area contributed by atoms with Crippen LogP contribution in [-0.4, -0.2) is 39.0 Å². The van der Waals surface area contributed by atoms with E-state index in [1.165, 1.54) is 0 Å². The summed E-state index contributed by atoms with van der Waals surface area (Å²) in [5.74, 6) is 0. The van der Waals surface area contributed by atoms with Crippen molar-refractivity contribution in [2.75, 3.05) is 13.1 Å². The lowest BCUT2D eigenvalue weighted by atomic mass is 10.1. The second-order valence-corrected chi connectivity index (χ2v) is 7.24. The summed E-state index contributed by atoms with van der Waals surface area (Å²) >= 11 is 12.2. The fourth-order valence-electron chi connectivity index (χ4n) is 3.15. The molecule has 1 N–H and O–H groups in total. The van der Waals surface area contributed by atoms with E-state index >= 15 is 0 Å². The first-order chi connectivity index (χ1) is 12.5. The molecule has 0 fully saturated rings. The maximum Gasteiger partial charge on any atom is 0.320 e. The Balaban J connectivity index is 1.71. The van der Waals surface area contributed by atoms with Crippen LogP contribution in [0.5, 0.6) is 0 Å². The van der Waals surface area contributed by atoms with Crippen molar-refractivity contribution in [2.24, 2.45) is 0 Å². The number of benzene rings is 1. The van der Waals surface area contributed by atoms with Crippen molar-refractivity contribution in [3.63, 3.8) is 0 Å². The number of fused-ring (bicyclic) bond motifs is 1. The van der Waals surface area contributed by atoms with E-state index in [1.54, 1.807) is 28.3 Å². The molecule has 0 radical (unpaired) electrons. The van der Waals surface area contributed by atoms with Gasteiger partial charge in [0.2, 0.25) is 0 Å². The summed E-state index contributed by atoms with van der Waals surface area (Å²) < 4.78 is 0. The van der Waals surface area contributed by atoms with E-state index in [2.05, 4.69) is 4.98 Å². The minimum absolute atomic E-state index is 0.0989. The van der Waals surface area contributed by atoms with Crippen molar-refractivity contribution in [3.05, 3.63) is 63.4 Å². The minimum Gasteiger partial charge on any atom is -0.386 e. The number of hydrogen-bond acceptors (Lipinski definition) is 3. The molecule has 0 bridgehead atoms. The van der Waals surface area contributed by atoms with Gasteiger partial charge >= 0.3 is 6.03 Å². The molecule has 138 valence electrons. The first-order valence-corrected chi connectivity index (χ1v) is 9.33. The van der Waals surface area contributed by atoms with E-state index in [0.717, 1.165) is 17.5 Å². The number of carbonyl (C=O) groups excluding carboxylic acids is 1. The quantitative estimate of drug-likeness (QED) is 0.824. The Morgan fingerprint density at radius 1 is 1.31 bits per heavy atom. The SMILES string of the molecule is CCCN(CC(O)c1cccnc1)C(=O)N1Cc2cc(Cl)c(Cl)cc2C1. The molecule has 1 unspecified atom stereocenters. The number of hydrogen-bond donors (Lipinski definition) is 1. The molecule has 1 atom stereocenters. The van der Waals surface area contributed by atoms with Crippen LogP contribution >= 0.6 is 23.2 Å². The molecule has 2 amide bonds. The number of carbonyl (C=O) groups is 1. The van der Waals surface area contributed by atoms with Gasteiger partial charge in [0, 0.05) is 37.6 Å². The Bertz CT molecular complexity index is 755. The predicted octanol–water partition coefficient (Wildman–Crippen LogP) is 4.27. The minimum atomic E-state index is -0.770. The number of halogens is 2. The highest BCUT2D eigenvalue weighted by Crippen LogP contribution is 2.32. The zero-order valence-corrected chi connectivity index (χ0v) is 16.0. The van der Waals surface area contributed by atoms with E-state index in [4.69, 9.17) is 23.2 Å². The first-order valence-electron chi connectivity index (χ1n) is 8.58. The molecule has 3 rings (SSSR count). The summed E-state index contributed by atoms with van der Waals surface area (Å²) in [5.41, 5.74) is 2.72. The number of amides is 2. The molecule has 2 heterocycles. The van der Waals surface area contributed by atoms with Gasteiger partial charge in [-0.05, 0) is 35.7 Å². The lowest BCUT2D eigenvalue weighted by molar-refractivity contribution is 0.102. The van der Waals surface area contributed by atoms with Crippen molar-refractivity contribution in [1.82, 2.24) is 14.8 Å². The van der Waals surface area contributed by atoms with E-state index in [9.17, 15) is 9.90 Å². The Hall–Kier alpha value is -1.82. The van der Waals surface area contributed by atoms with Gasteiger partial charge in [-0.15, -0.1) is 0 Å². The van der Waals surface area contributed by atoms with Gasteiger partial charge in [0.1, 0.15) is 0 Å². The summed E-state index contributed by atoms with van der Waals surface area (Å²) in [6.45, 7) is 3.80. The predicted molar refractivity (Wildman–Crippen MR) is 102 cm³/mol. The molecule has 7 heteroatoms. The maximum absolute atomic E-state index is 13.0. The lowest BCUT2D eigenvalue weighted by Gasteiger charge is -2.29. The normalized spacial score (nSPS) is 14.2. The third kappa shape index (κ3) is 4.11. The van der Waals surface area contributed by atoms with Crippen LogP contribution in [0, 0.1) is 0 Å². The van der Waals surface area contributed by atoms with Gasteiger partial charge in [0.25, 0.3) is 0 Å². The summed E-state index contributed by atoms with van der Waals surface area (Å²) in [4.78, 5) is 20.5. The monoisotopic (exact) mass is 393 g/mol. The van der Waals surface area contributed by atoms with Crippen LogP contribution in [0.1, 0.15) is 36.1 Å². The van der Waals surface area contributed by atoms with Crippen LogP contribution in [0.2, 0.25) is 10.0 Å². The Kier molecular flexibility index (Phi) is 6.01. The largest absolute Gasteiger partial charge is 0.386 e. The van der Waals surface area contributed by atoms with Gasteiger partial charge in [-0.1, -0.05) is 36.2 Å². The van der Waals surface area contributed by atoms with E-state index in [0.29, 0.717) is 35.2 Å². The van der Waals surface area contributed by atoms with Crippen LogP contribution in [0.3, 0.4) is 0 Å². The Labute approximate surface area is 163 Å². The number of aliphatic hydroxyl groups is 1. The van der Waals surface area contributed by atoms with E-state index in [1.807, 2.05) is 25.1 Å². The summed E-state index contributed by atoms with van der Waals surface area (Å²) in [6, 6.07) is 7.12. The fraction of sp³-hybridized carbons (Fsp3) is 0.368. The molecule has 0 saturated heterocycles. The molecule has 1 aromatic carbocycles. The molecule has 2 aromatic rings. The highest BCUT2D eigenvalue weighted by atomic mass is 35.5. The average molecular weight is 394 g/mol. The third-order valence-corrected chi connectivity index (χ3v) is 5.18. The lowest BCUT2D eigenvalue weighted by Crippen LogP contribution is -2.43. The van der Waals surface area contributed by atoms with Crippen molar-refractivity contribution in [2.45, 2.75) is 32.5 Å². The Morgan fingerprint density at radius 3 is 2.50 bits per heavy atom. The van der Waals surface area contributed by atoms with Crippen LogP contribution in [-0.2, 0) is 13.1 Å². The van der Waals surface area contributed by atoms with Gasteiger partial charge < -0.3 is 14.9 Å². The number of nitrogens with zero attached hydrogens (tertiary/aromatic N) is 3. The molecule has 5 nitrogen and oxygen atoms in total. The summed E-state index contributed by atoms with van der Waals surface area (Å²) in [5, 5.41) is 11.5. The number of urea groups is 1. The number of pyridine rings is 1. The molecule has 1 aliphatic heterocycles. The highest BCUT2D eigenvalue weighted by Gasteiger charge is 2.29. The van der Waals surface area contributed by atoms with Gasteiger partial charge in [0.05, 0.1) is 22.7 Å². The molecule has 1 aliphatic rings. The zero-order chi connectivity index (χ0) is 18.7. The molecule has 1 aromatic heterocycles. The molecule has 0 saturated carbocycles. The van der Waals surface area contributed by atoms with E-state index in [-0.39, 0.29) is 12.6 Å². The first kappa shape index (κ1) is 19.0. The van der Waals surface area contributed by atoms with Crippen LogP contribution < -0.4 is 0 Å². The Morgan fingerprint density at radius 2 is 1.96 bits per heavy atom. The van der Waals surface area contributed by atoms with E-state index < -0.39 is 6.10 Å². The number of aliphatic hydroxyl groups excluding tert-OH is 1. The standard InChI is InChI=1S/C19H21Cl2N3O2/c1-2-6-23(12-18(25)13-4-3-5-22-9-13)19(26)24-10-14-7-16(20)17(21)8-15(14)11-24/h3-5,7-9,18,25H,2,6,10-12H2,1H3. The fourth-order valence-corrected chi connectivity index (χ4v) is 3.52. The van der Waals surface area contributed by atoms with Gasteiger partial charge in [-0.3, -0.25) is 4.98 Å². The second-order valence-electron chi connectivity index (χ2n) is 6.42. The molecular weight excluding hydrogens is 373 g/mol. The van der Waals surface area contributed by atoms with Crippen molar-refractivity contribution < 1.29 is 9.90 Å². The molecule has 0 spiro atoms. The second kappa shape index (κ2) is 8.25. The van der Waals surface area contributed by atoms with Crippen molar-refractivity contribution in [1.29, 1.82) is 0 Å². The number of aromatic nitrogens is 1. The van der Waals surface area contributed by atoms with Crippen LogP contribution in [0.15, 0.2) is 36.7 Å². The zero-order valence-electron chi connectivity index (χ0n) is 14.5. The van der Waals surface area contributed by atoms with Crippen LogP contribution in [0.25, 0.3) is 0 Å². The van der Waals surface area contributed by atoms with Crippen molar-refractivity contribution >= 4 is 29.2 Å². The van der Waals surface area contributed by atoms with Gasteiger partial charge in [-0.25, -0.2) is 4.79 Å². The van der Waals surface area contributed by atoms with Crippen molar-refractivity contribution in [3.8, 4) is 0 Å². The maximum atomic E-state index is 13.0. The topological polar surface area (TPSA) is 56.7 Å². The summed E-state index contributed by atoms with van der Waals surface area (Å²) in [6.07, 6.45) is 3.31. The smallest absolute Gasteiger partial charge is 0.320 e. The molecule has 26 heavy (non-hydrogen) atoms. The van der Waals surface area contributed by atoms with Gasteiger partial charge in [0.15, 0.2) is 0 Å². The average Bonchev–Trinajstić information content (AvgIpc) is 3.04. The molecule has 0 aliphatic carbocycles. The third-order valence-electron chi connectivity index (χ3n) is 4.46. The summed E-state index contributed by atoms with van der Waals surface area (Å²) in [7, 11) is 0. The number of rotatable bonds is 5. The molecular formula is C19H21Cl2N3O2. The van der Waals surface area contributed by atoms with Crippen LogP contribution in [0.4, 0.5) is 4.79 Å².